The van der Waals surface area contributed by atoms with Gasteiger partial charge in [-0.15, -0.1) is 0 Å². The maximum Gasteiger partial charge on any atom is 0.258 e. The SMILES string of the molecule is Cc1c(NC(=O)c2ccc(C(C)(C)O)cc2F)cc(F)cc1-c1ncnc2[nH]c(-c3ccc(OC4CCN(CC(CO)OC5CCNCC5)CC4)cc3)cc12. The molecular weight excluding hydrogens is 706 g/mol. The summed E-state index contributed by atoms with van der Waals surface area (Å²) in [6.07, 6.45) is 5.25. The smallest absolute Gasteiger partial charge is 0.258 e. The van der Waals surface area contributed by atoms with E-state index >= 15 is 4.39 Å². The van der Waals surface area contributed by atoms with Crippen LogP contribution in [-0.2, 0) is 10.3 Å². The van der Waals surface area contributed by atoms with Crippen molar-refractivity contribution >= 4 is 22.6 Å². The molecule has 2 aliphatic heterocycles. The van der Waals surface area contributed by atoms with Gasteiger partial charge in [-0.1, -0.05) is 6.07 Å². The lowest BCUT2D eigenvalue weighted by atomic mass is 9.96. The van der Waals surface area contributed by atoms with Crippen LogP contribution in [0.2, 0.25) is 0 Å². The largest absolute Gasteiger partial charge is 0.490 e. The van der Waals surface area contributed by atoms with Crippen LogP contribution >= 0.6 is 0 Å². The molecule has 0 spiro atoms. The molecule has 11 nitrogen and oxygen atoms in total. The van der Waals surface area contributed by atoms with E-state index in [4.69, 9.17) is 9.47 Å². The molecule has 13 heteroatoms. The molecule has 3 aromatic carbocycles. The Morgan fingerprint density at radius 3 is 2.44 bits per heavy atom. The van der Waals surface area contributed by atoms with Gasteiger partial charge < -0.3 is 40.2 Å². The summed E-state index contributed by atoms with van der Waals surface area (Å²) in [5, 5.41) is 26.8. The number of carbonyl (C=O) groups is 1. The van der Waals surface area contributed by atoms with E-state index in [0.717, 1.165) is 81.5 Å². The zero-order chi connectivity index (χ0) is 38.7. The Labute approximate surface area is 319 Å². The molecule has 0 aliphatic carbocycles. The molecule has 1 amide bonds. The van der Waals surface area contributed by atoms with E-state index < -0.39 is 23.1 Å². The van der Waals surface area contributed by atoms with Crippen LogP contribution in [0.3, 0.4) is 0 Å². The van der Waals surface area contributed by atoms with E-state index in [9.17, 15) is 19.4 Å². The van der Waals surface area contributed by atoms with Gasteiger partial charge in [0.25, 0.3) is 5.91 Å². The fourth-order valence-corrected chi connectivity index (χ4v) is 7.38. The van der Waals surface area contributed by atoms with Crippen LogP contribution in [0.5, 0.6) is 5.75 Å². The number of anilines is 1. The van der Waals surface area contributed by atoms with Crippen molar-refractivity contribution < 1.29 is 33.3 Å². The Hall–Kier alpha value is -4.79. The number of fused-ring (bicyclic) bond motifs is 1. The number of aliphatic hydroxyl groups excluding tert-OH is 1. The van der Waals surface area contributed by atoms with E-state index in [-0.39, 0.29) is 36.2 Å². The highest BCUT2D eigenvalue weighted by molar-refractivity contribution is 6.06. The average Bonchev–Trinajstić information content (AvgIpc) is 3.62. The van der Waals surface area contributed by atoms with Crippen molar-refractivity contribution in [3.8, 4) is 28.3 Å². The molecule has 2 fully saturated rings. The Balaban J connectivity index is 1.01. The number of aliphatic hydroxyl groups is 2. The van der Waals surface area contributed by atoms with Gasteiger partial charge in [0, 0.05) is 42.0 Å². The van der Waals surface area contributed by atoms with Crippen LogP contribution in [0.1, 0.15) is 61.0 Å². The zero-order valence-electron chi connectivity index (χ0n) is 31.4. The quantitative estimate of drug-likeness (QED) is 0.0987. The maximum absolute atomic E-state index is 15.1. The molecule has 0 saturated carbocycles. The molecular formula is C42H48F2N6O5. The third-order valence-corrected chi connectivity index (χ3v) is 10.6. The predicted octanol–water partition coefficient (Wildman–Crippen LogP) is 6.33. The topological polar surface area (TPSA) is 145 Å². The summed E-state index contributed by atoms with van der Waals surface area (Å²) in [4.78, 5) is 27.8. The van der Waals surface area contributed by atoms with Crippen molar-refractivity contribution in [2.45, 2.75) is 70.4 Å². The molecule has 7 rings (SSSR count). The van der Waals surface area contributed by atoms with Crippen molar-refractivity contribution in [1.29, 1.82) is 0 Å². The number of rotatable bonds is 12. The number of H-pyrrole nitrogens is 1. The maximum atomic E-state index is 15.1. The first-order valence-corrected chi connectivity index (χ1v) is 18.9. The second kappa shape index (κ2) is 16.5. The van der Waals surface area contributed by atoms with Gasteiger partial charge >= 0.3 is 0 Å². The number of likely N-dealkylation sites (tertiary alicyclic amines) is 1. The van der Waals surface area contributed by atoms with Gasteiger partial charge in [0.05, 0.1) is 35.7 Å². The Kier molecular flexibility index (Phi) is 11.6. The molecule has 0 bridgehead atoms. The highest BCUT2D eigenvalue weighted by Gasteiger charge is 2.26. The molecule has 2 aromatic heterocycles. The molecule has 290 valence electrons. The first-order valence-electron chi connectivity index (χ1n) is 18.9. The molecule has 1 unspecified atom stereocenters. The van der Waals surface area contributed by atoms with Gasteiger partial charge in [-0.05, 0) is 131 Å². The number of carbonyl (C=O) groups excluding carboxylic acids is 1. The van der Waals surface area contributed by atoms with Crippen LogP contribution in [0.25, 0.3) is 33.5 Å². The van der Waals surface area contributed by atoms with E-state index in [2.05, 4.69) is 30.5 Å². The highest BCUT2D eigenvalue weighted by Crippen LogP contribution is 2.35. The van der Waals surface area contributed by atoms with Gasteiger partial charge in [0.2, 0.25) is 0 Å². The number of aromatic amines is 1. The molecule has 2 saturated heterocycles. The van der Waals surface area contributed by atoms with Gasteiger partial charge in [0.15, 0.2) is 0 Å². The normalized spacial score (nSPS) is 16.7. The second-order valence-electron chi connectivity index (χ2n) is 15.0. The highest BCUT2D eigenvalue weighted by atomic mass is 19.1. The van der Waals surface area contributed by atoms with Crippen molar-refractivity contribution in [3.63, 3.8) is 0 Å². The number of halogens is 2. The number of nitrogens with zero attached hydrogens (tertiary/aromatic N) is 3. The molecule has 5 N–H and O–H groups in total. The van der Waals surface area contributed by atoms with Crippen molar-refractivity contribution in [1.82, 2.24) is 25.2 Å². The van der Waals surface area contributed by atoms with Crippen molar-refractivity contribution in [3.05, 3.63) is 95.3 Å². The minimum absolute atomic E-state index is 0.0216. The number of benzene rings is 3. The summed E-state index contributed by atoms with van der Waals surface area (Å²) in [6.45, 7) is 9.20. The third kappa shape index (κ3) is 9.03. The molecule has 55 heavy (non-hydrogen) atoms. The molecule has 0 radical (unpaired) electrons. The van der Waals surface area contributed by atoms with E-state index in [0.29, 0.717) is 33.4 Å². The number of hydrogen-bond acceptors (Lipinski definition) is 9. The van der Waals surface area contributed by atoms with Crippen LogP contribution in [-0.4, -0.2) is 93.6 Å². The van der Waals surface area contributed by atoms with Gasteiger partial charge in [0.1, 0.15) is 35.5 Å². The lowest BCUT2D eigenvalue weighted by Gasteiger charge is -2.35. The van der Waals surface area contributed by atoms with Crippen LogP contribution in [0.15, 0.2) is 67.0 Å². The summed E-state index contributed by atoms with van der Waals surface area (Å²) in [5.74, 6) is -1.38. The minimum Gasteiger partial charge on any atom is -0.490 e. The minimum atomic E-state index is -1.28. The fraction of sp³-hybridized carbons (Fsp3) is 0.405. The van der Waals surface area contributed by atoms with Gasteiger partial charge in [-0.2, -0.15) is 0 Å². The average molecular weight is 755 g/mol. The first kappa shape index (κ1) is 38.5. The number of nitrogens with one attached hydrogen (secondary N) is 3. The van der Waals surface area contributed by atoms with Gasteiger partial charge in [-0.25, -0.2) is 18.7 Å². The third-order valence-electron chi connectivity index (χ3n) is 10.6. The standard InChI is InChI=1S/C42H48F2N6O5/c1-25-34(19-28(43)20-37(25)49-41(52)33-9-6-27(18-36(33)44)42(2,3)53)39-35-21-38(48-40(35)47-24-46-39)26-4-7-29(8-5-26)54-31-12-16-50(17-13-31)22-32(23-51)55-30-10-14-45-15-11-30/h4-9,18-21,24,30-32,45,51,53H,10-17,22-23H2,1-3H3,(H,49,52)(H,46,47,48). The number of piperidine rings is 2. The number of ether oxygens (including phenoxy) is 2. The summed E-state index contributed by atoms with van der Waals surface area (Å²) in [7, 11) is 0. The summed E-state index contributed by atoms with van der Waals surface area (Å²) in [6, 6.07) is 16.2. The second-order valence-corrected chi connectivity index (χ2v) is 15.0. The Morgan fingerprint density at radius 1 is 1.00 bits per heavy atom. The van der Waals surface area contributed by atoms with Crippen molar-refractivity contribution in [2.24, 2.45) is 0 Å². The number of aromatic nitrogens is 3. The summed E-state index contributed by atoms with van der Waals surface area (Å²) < 4.78 is 42.6. The first-order chi connectivity index (χ1) is 26.4. The zero-order valence-corrected chi connectivity index (χ0v) is 31.4. The summed E-state index contributed by atoms with van der Waals surface area (Å²) >= 11 is 0. The lowest BCUT2D eigenvalue weighted by Crippen LogP contribution is -2.45. The predicted molar refractivity (Wildman–Crippen MR) is 207 cm³/mol. The fourth-order valence-electron chi connectivity index (χ4n) is 7.38. The number of hydrogen-bond donors (Lipinski definition) is 5. The molecule has 5 aromatic rings. The van der Waals surface area contributed by atoms with Gasteiger partial charge in [-0.3, -0.25) is 4.79 Å². The van der Waals surface area contributed by atoms with Crippen LogP contribution in [0, 0.1) is 18.6 Å². The number of amides is 1. The molecule has 2 aliphatic rings. The lowest BCUT2D eigenvalue weighted by molar-refractivity contribution is -0.0674. The summed E-state index contributed by atoms with van der Waals surface area (Å²) in [5.41, 5.74) is 2.67. The van der Waals surface area contributed by atoms with Crippen molar-refractivity contribution in [2.75, 3.05) is 44.6 Å². The molecule has 1 atom stereocenters. The monoisotopic (exact) mass is 754 g/mol. The van der Waals surface area contributed by atoms with Crippen LogP contribution < -0.4 is 15.4 Å². The van der Waals surface area contributed by atoms with E-state index in [1.807, 2.05) is 30.3 Å². The van der Waals surface area contributed by atoms with Crippen LogP contribution in [0.4, 0.5) is 14.5 Å². The van der Waals surface area contributed by atoms with E-state index in [1.165, 1.54) is 44.4 Å². The Morgan fingerprint density at radius 2 is 1.75 bits per heavy atom. The van der Waals surface area contributed by atoms with E-state index in [1.54, 1.807) is 6.92 Å². The molecule has 4 heterocycles. The Bertz CT molecular complexity index is 2120.